The fourth-order valence-corrected chi connectivity index (χ4v) is 6.80. The van der Waals surface area contributed by atoms with Crippen molar-refractivity contribution in [2.45, 2.75) is 48.1 Å². The van der Waals surface area contributed by atoms with Gasteiger partial charge in [0.05, 0.1) is 13.1 Å². The molecule has 0 heterocycles. The topological polar surface area (TPSA) is 4.44 Å². The van der Waals surface area contributed by atoms with Gasteiger partial charge >= 0.3 is 0 Å². The van der Waals surface area contributed by atoms with Gasteiger partial charge in [-0.05, 0) is 41.5 Å². The lowest BCUT2D eigenvalue weighted by molar-refractivity contribution is -0.910. The van der Waals surface area contributed by atoms with Gasteiger partial charge in [-0.1, -0.05) is 30.3 Å². The van der Waals surface area contributed by atoms with Crippen molar-refractivity contribution in [2.24, 2.45) is 0 Å². The van der Waals surface area contributed by atoms with Crippen molar-refractivity contribution >= 4 is 28.0 Å². The van der Waals surface area contributed by atoms with Crippen molar-refractivity contribution in [2.75, 3.05) is 13.1 Å². The third kappa shape index (κ3) is 7.14. The molecule has 0 atom stereocenters. The first-order chi connectivity index (χ1) is 26.6. The molecule has 0 fully saturated rings. The molecular weight excluding hydrogens is 797 g/mol. The molecule has 1 N–H and O–H groups in total. The number of nitrogens with one attached hydrogen (secondary N) is 1. The Morgan fingerprint density at radius 2 is 0.561 bits per heavy atom. The molecule has 5 aromatic carbocycles. The van der Waals surface area contributed by atoms with Crippen molar-refractivity contribution in [3.63, 3.8) is 0 Å². The largest absolute Gasteiger partial charge is 0.332 e. The molecule has 0 aromatic heterocycles. The summed E-state index contributed by atoms with van der Waals surface area (Å²) in [5.74, 6) is -45.7. The van der Waals surface area contributed by atoms with E-state index in [2.05, 4.69) is 44.2 Å². The summed E-state index contributed by atoms with van der Waals surface area (Å²) < 4.78 is 247. The van der Waals surface area contributed by atoms with Gasteiger partial charge in [0.1, 0.15) is 59.2 Å². The summed E-state index contributed by atoms with van der Waals surface area (Å²) in [5, 5.41) is 0. The number of quaternary nitrogens is 1. The zero-order valence-corrected chi connectivity index (χ0v) is 30.6. The van der Waals surface area contributed by atoms with Crippen LogP contribution in [0.2, 0.25) is 0 Å². The van der Waals surface area contributed by atoms with E-state index < -0.39 is 143 Å². The molecule has 5 aromatic rings. The molecule has 0 amide bonds. The molecule has 5 rings (SSSR count). The van der Waals surface area contributed by atoms with E-state index in [-0.39, 0.29) is 0 Å². The van der Waals surface area contributed by atoms with Crippen LogP contribution in [0.15, 0.2) is 30.3 Å². The Morgan fingerprint density at radius 3 is 0.754 bits per heavy atom. The van der Waals surface area contributed by atoms with Crippen LogP contribution < -0.4 is 26.8 Å². The van der Waals surface area contributed by atoms with Crippen molar-refractivity contribution in [3.8, 4) is 0 Å². The van der Waals surface area contributed by atoms with E-state index in [1.165, 1.54) is 18.7 Å². The van der Waals surface area contributed by atoms with E-state index in [0.717, 1.165) is 6.54 Å². The third-order valence-corrected chi connectivity index (χ3v) is 10.1. The summed E-state index contributed by atoms with van der Waals surface area (Å²) in [6.07, 6.45) is -6.55. The fourth-order valence-electron chi connectivity index (χ4n) is 6.80. The lowest BCUT2D eigenvalue weighted by Crippen LogP contribution is -3.10. The molecule has 0 unspecified atom stereocenters. The lowest BCUT2D eigenvalue weighted by Gasteiger charge is -2.45. The molecule has 0 saturated heterocycles. The highest BCUT2D eigenvalue weighted by Crippen LogP contribution is 2.31. The Bertz CT molecular complexity index is 1980. The molecule has 0 bridgehead atoms. The molecule has 0 saturated carbocycles. The van der Waals surface area contributed by atoms with Crippen molar-refractivity contribution in [1.82, 2.24) is 0 Å². The van der Waals surface area contributed by atoms with Crippen LogP contribution in [-0.2, 0) is 6.54 Å². The van der Waals surface area contributed by atoms with Crippen molar-refractivity contribution < 1.29 is 75.1 Å². The van der Waals surface area contributed by atoms with Crippen LogP contribution in [-0.4, -0.2) is 19.2 Å². The number of hydrogen-bond acceptors (Lipinski definition) is 0. The van der Waals surface area contributed by atoms with Gasteiger partial charge in [0.25, 0.3) is 0 Å². The van der Waals surface area contributed by atoms with E-state index in [4.69, 9.17) is 0 Å². The second-order valence-corrected chi connectivity index (χ2v) is 13.2. The maximum atomic E-state index is 15.8. The van der Waals surface area contributed by atoms with Crippen LogP contribution in [0.1, 0.15) is 41.7 Å². The van der Waals surface area contributed by atoms with Gasteiger partial charge in [-0.2, -0.15) is 0 Å². The molecule has 57 heavy (non-hydrogen) atoms. The molecular formula is C39H30BF16N. The van der Waals surface area contributed by atoms with Gasteiger partial charge < -0.3 is 4.90 Å². The third-order valence-electron chi connectivity index (χ3n) is 10.1. The summed E-state index contributed by atoms with van der Waals surface area (Å²) in [5.41, 5.74) is -17.1. The molecule has 0 aliphatic carbocycles. The number of hydrogen-bond donors (Lipinski definition) is 1. The van der Waals surface area contributed by atoms with Crippen LogP contribution in [0.5, 0.6) is 0 Å². The van der Waals surface area contributed by atoms with Gasteiger partial charge in [0.15, 0.2) is 46.5 Å². The number of benzene rings is 5. The Labute approximate surface area is 315 Å². The highest BCUT2D eigenvalue weighted by molar-refractivity contribution is 7.20. The van der Waals surface area contributed by atoms with Gasteiger partial charge in [-0.15, -0.1) is 21.9 Å². The highest BCUT2D eigenvalue weighted by Gasteiger charge is 2.51. The predicted molar refractivity (Wildman–Crippen MR) is 181 cm³/mol. The van der Waals surface area contributed by atoms with Gasteiger partial charge in [-0.3, -0.25) is 0 Å². The lowest BCUT2D eigenvalue weighted by atomic mass is 9.12. The second kappa shape index (κ2) is 16.8. The van der Waals surface area contributed by atoms with E-state index in [9.17, 15) is 0 Å². The van der Waals surface area contributed by atoms with Gasteiger partial charge in [0, 0.05) is 27.8 Å². The van der Waals surface area contributed by atoms with Crippen LogP contribution in [0.25, 0.3) is 0 Å². The molecule has 1 nitrogen and oxygen atoms in total. The average molecular weight is 827 g/mol. The molecule has 18 heteroatoms. The first-order valence-electron chi connectivity index (χ1n) is 16.9. The van der Waals surface area contributed by atoms with Crippen LogP contribution in [0.3, 0.4) is 0 Å². The normalized spacial score (nSPS) is 11.7. The maximum absolute atomic E-state index is 15.8. The maximum Gasteiger partial charge on any atom is 0.161 e. The standard InChI is InChI=1S/C28H12BF16.C11H17N/c1-5-13(30)21(38)9(22(39)14(5)31)29(10-23(40)15(32)6(2)16(33)24(10)41,11-25(42)17(34)7(3)18(35)26(11)43)12-27(44)19(36)8(4)20(37)28(12)45;1-3-12(4-2)10-11-8-6-5-7-9-11/h1-4H3;5-9H,3-4,10H2,1-2H3/q-1;/p+1. The Hall–Kier alpha value is -5.00. The summed E-state index contributed by atoms with van der Waals surface area (Å²) in [6.45, 7) is 9.23. The summed E-state index contributed by atoms with van der Waals surface area (Å²) in [4.78, 5) is 1.64. The SMILES string of the molecule is CC[NH+](CC)Cc1ccccc1.Cc1c(F)c(F)c([B-](c2c(F)c(F)c(C)c(F)c2F)(c2c(F)c(F)c(C)c(F)c2F)c2c(F)c(F)c(C)c(F)c2F)c(F)c1F. The van der Waals surface area contributed by atoms with Crippen LogP contribution in [0, 0.1) is 121 Å². The average Bonchev–Trinajstić information content (AvgIpc) is 3.20. The molecule has 0 aliphatic heterocycles. The zero-order chi connectivity index (χ0) is 43.2. The minimum absolute atomic E-state index is 0.292. The summed E-state index contributed by atoms with van der Waals surface area (Å²) in [6, 6.07) is 10.7. The van der Waals surface area contributed by atoms with Gasteiger partial charge in [-0.25, -0.2) is 70.2 Å². The Morgan fingerprint density at radius 1 is 0.351 bits per heavy atom. The first kappa shape index (κ1) is 44.7. The van der Waals surface area contributed by atoms with E-state index >= 15 is 70.2 Å². The first-order valence-corrected chi connectivity index (χ1v) is 16.9. The zero-order valence-electron chi connectivity index (χ0n) is 30.6. The van der Waals surface area contributed by atoms with Crippen molar-refractivity contribution in [1.29, 1.82) is 0 Å². The second-order valence-electron chi connectivity index (χ2n) is 13.2. The monoisotopic (exact) mass is 827 g/mol. The molecule has 0 spiro atoms. The molecule has 0 aliphatic rings. The van der Waals surface area contributed by atoms with E-state index in [1.54, 1.807) is 4.90 Å². The van der Waals surface area contributed by atoms with Gasteiger partial charge in [0.2, 0.25) is 0 Å². The minimum Gasteiger partial charge on any atom is -0.332 e. The number of halogens is 16. The summed E-state index contributed by atoms with van der Waals surface area (Å²) >= 11 is 0. The quantitative estimate of drug-likeness (QED) is 0.0934. The smallest absolute Gasteiger partial charge is 0.161 e. The van der Waals surface area contributed by atoms with Crippen molar-refractivity contribution in [3.05, 3.63) is 151 Å². The highest BCUT2D eigenvalue weighted by atomic mass is 19.2. The minimum atomic E-state index is -6.55. The number of rotatable bonds is 8. The Kier molecular flexibility index (Phi) is 13.2. The van der Waals surface area contributed by atoms with Crippen LogP contribution >= 0.6 is 0 Å². The predicted octanol–water partition coefficient (Wildman–Crippen LogP) is 7.63. The fraction of sp³-hybridized carbons (Fsp3) is 0.231. The van der Waals surface area contributed by atoms with Crippen LogP contribution in [0.4, 0.5) is 70.2 Å². The van der Waals surface area contributed by atoms with E-state index in [0.29, 0.717) is 27.7 Å². The van der Waals surface area contributed by atoms with E-state index in [1.807, 2.05) is 0 Å². The molecule has 306 valence electrons. The summed E-state index contributed by atoms with van der Waals surface area (Å²) in [7, 11) is 0. The molecule has 0 radical (unpaired) electrons. The Balaban J connectivity index is 0.000000512.